The summed E-state index contributed by atoms with van der Waals surface area (Å²) in [6.45, 7) is 6.70. The van der Waals surface area contributed by atoms with Gasteiger partial charge in [0.2, 0.25) is 0 Å². The van der Waals surface area contributed by atoms with Gasteiger partial charge in [0.1, 0.15) is 0 Å². The molecule has 1 aliphatic heterocycles. The first-order chi connectivity index (χ1) is 9.72. The molecule has 2 rings (SSSR count). The fraction of sp³-hybridized carbons (Fsp3) is 0.733. The van der Waals surface area contributed by atoms with Gasteiger partial charge in [-0.15, -0.1) is 11.3 Å². The summed E-state index contributed by atoms with van der Waals surface area (Å²) >= 11 is 1.64. The molecule has 0 radical (unpaired) electrons. The number of rotatable bonds is 6. The molecule has 1 aromatic rings. The van der Waals surface area contributed by atoms with Gasteiger partial charge in [-0.05, 0) is 25.7 Å². The third kappa shape index (κ3) is 4.20. The third-order valence-corrected chi connectivity index (χ3v) is 4.70. The van der Waals surface area contributed by atoms with Gasteiger partial charge in [-0.3, -0.25) is 4.79 Å². The van der Waals surface area contributed by atoms with Crippen molar-refractivity contribution in [2.75, 3.05) is 24.6 Å². The molecule has 0 aliphatic carbocycles. The lowest BCUT2D eigenvalue weighted by atomic mass is 9.93. The second-order valence-electron chi connectivity index (χ2n) is 5.32. The van der Waals surface area contributed by atoms with Gasteiger partial charge in [0.25, 0.3) is 0 Å². The Bertz CT molecular complexity index is 425. The first kappa shape index (κ1) is 15.3. The highest BCUT2D eigenvalue weighted by Crippen LogP contribution is 2.28. The molecule has 2 heterocycles. The Kier molecular flexibility index (Phi) is 5.83. The third-order valence-electron chi connectivity index (χ3n) is 3.75. The average Bonchev–Trinajstić information content (AvgIpc) is 2.88. The topological polar surface area (TPSA) is 42.4 Å². The Morgan fingerprint density at radius 3 is 2.85 bits per heavy atom. The van der Waals surface area contributed by atoms with Crippen LogP contribution in [0.25, 0.3) is 0 Å². The van der Waals surface area contributed by atoms with Crippen LogP contribution in [-0.4, -0.2) is 30.6 Å². The van der Waals surface area contributed by atoms with Crippen LogP contribution in [0.3, 0.4) is 0 Å². The number of anilines is 1. The van der Waals surface area contributed by atoms with Crippen LogP contribution in [0.4, 0.5) is 5.13 Å². The van der Waals surface area contributed by atoms with E-state index in [1.807, 2.05) is 12.3 Å². The molecule has 20 heavy (non-hydrogen) atoms. The summed E-state index contributed by atoms with van der Waals surface area (Å²) in [6.07, 6.45) is 5.45. The largest absolute Gasteiger partial charge is 0.466 e. The summed E-state index contributed by atoms with van der Waals surface area (Å²) in [6, 6.07) is 0. The maximum atomic E-state index is 11.4. The molecular formula is C15H24N2O2S. The number of hydrogen-bond acceptors (Lipinski definition) is 5. The average molecular weight is 296 g/mol. The van der Waals surface area contributed by atoms with Crippen molar-refractivity contribution in [3.8, 4) is 0 Å². The SMILES string of the molecule is CCCC1CCN(c2nc(CC(=O)OCC)cs2)CC1. The van der Waals surface area contributed by atoms with Gasteiger partial charge in [-0.2, -0.15) is 0 Å². The van der Waals surface area contributed by atoms with Crippen molar-refractivity contribution < 1.29 is 9.53 Å². The highest BCUT2D eigenvalue weighted by atomic mass is 32.1. The summed E-state index contributed by atoms with van der Waals surface area (Å²) in [7, 11) is 0. The number of aromatic nitrogens is 1. The molecule has 4 nitrogen and oxygen atoms in total. The van der Waals surface area contributed by atoms with E-state index in [4.69, 9.17) is 4.74 Å². The van der Waals surface area contributed by atoms with E-state index in [2.05, 4.69) is 16.8 Å². The summed E-state index contributed by atoms with van der Waals surface area (Å²) in [5.74, 6) is 0.696. The van der Waals surface area contributed by atoms with Gasteiger partial charge in [-0.1, -0.05) is 19.8 Å². The van der Waals surface area contributed by atoms with Crippen LogP contribution in [-0.2, 0) is 16.0 Å². The maximum Gasteiger partial charge on any atom is 0.311 e. The molecule has 112 valence electrons. The molecule has 0 amide bonds. The lowest BCUT2D eigenvalue weighted by Crippen LogP contribution is -2.33. The highest BCUT2D eigenvalue weighted by Gasteiger charge is 2.21. The van der Waals surface area contributed by atoms with Crippen LogP contribution in [0.1, 0.15) is 45.2 Å². The van der Waals surface area contributed by atoms with Crippen LogP contribution in [0.5, 0.6) is 0 Å². The normalized spacial score (nSPS) is 16.4. The second kappa shape index (κ2) is 7.62. The van der Waals surface area contributed by atoms with Crippen molar-refractivity contribution in [3.05, 3.63) is 11.1 Å². The van der Waals surface area contributed by atoms with Gasteiger partial charge in [0.05, 0.1) is 18.7 Å². The van der Waals surface area contributed by atoms with Gasteiger partial charge in [0.15, 0.2) is 5.13 Å². The molecule has 0 unspecified atom stereocenters. The Labute approximate surface area is 125 Å². The van der Waals surface area contributed by atoms with E-state index < -0.39 is 0 Å². The number of esters is 1. The van der Waals surface area contributed by atoms with E-state index in [1.165, 1.54) is 25.7 Å². The zero-order chi connectivity index (χ0) is 14.4. The molecule has 0 bridgehead atoms. The predicted octanol–water partition coefficient (Wildman–Crippen LogP) is 3.27. The molecule has 1 saturated heterocycles. The number of hydrogen-bond donors (Lipinski definition) is 0. The first-order valence-electron chi connectivity index (χ1n) is 7.57. The fourth-order valence-electron chi connectivity index (χ4n) is 2.70. The Hall–Kier alpha value is -1.10. The zero-order valence-corrected chi connectivity index (χ0v) is 13.2. The van der Waals surface area contributed by atoms with Crippen LogP contribution >= 0.6 is 11.3 Å². The van der Waals surface area contributed by atoms with Crippen molar-refractivity contribution in [1.29, 1.82) is 0 Å². The Balaban J connectivity index is 1.85. The summed E-state index contributed by atoms with van der Waals surface area (Å²) in [5.41, 5.74) is 0.833. The predicted molar refractivity (Wildman–Crippen MR) is 82.3 cm³/mol. The molecule has 1 aromatic heterocycles. The van der Waals surface area contributed by atoms with Crippen LogP contribution in [0.2, 0.25) is 0 Å². The number of thiazole rings is 1. The number of ether oxygens (including phenoxy) is 1. The standard InChI is InChI=1S/C15H24N2O2S/c1-3-5-12-6-8-17(9-7-12)15-16-13(11-20-15)10-14(18)19-4-2/h11-12H,3-10H2,1-2H3. The Morgan fingerprint density at radius 1 is 1.45 bits per heavy atom. The molecule has 5 heteroatoms. The van der Waals surface area contributed by atoms with Gasteiger partial charge < -0.3 is 9.64 Å². The van der Waals surface area contributed by atoms with E-state index in [0.29, 0.717) is 6.61 Å². The number of carbonyl (C=O) groups excluding carboxylic acids is 1. The van der Waals surface area contributed by atoms with E-state index in [-0.39, 0.29) is 12.4 Å². The van der Waals surface area contributed by atoms with E-state index >= 15 is 0 Å². The molecule has 0 atom stereocenters. The summed E-state index contributed by atoms with van der Waals surface area (Å²) in [4.78, 5) is 18.4. The van der Waals surface area contributed by atoms with Gasteiger partial charge >= 0.3 is 5.97 Å². The molecule has 0 aromatic carbocycles. The van der Waals surface area contributed by atoms with Crippen LogP contribution < -0.4 is 4.90 Å². The lowest BCUT2D eigenvalue weighted by molar-refractivity contribution is -0.142. The maximum absolute atomic E-state index is 11.4. The van der Waals surface area contributed by atoms with Crippen molar-refractivity contribution in [2.45, 2.75) is 46.0 Å². The molecule has 1 fully saturated rings. The summed E-state index contributed by atoms with van der Waals surface area (Å²) < 4.78 is 4.95. The monoisotopic (exact) mass is 296 g/mol. The minimum Gasteiger partial charge on any atom is -0.466 e. The van der Waals surface area contributed by atoms with E-state index in [9.17, 15) is 4.79 Å². The molecule has 0 spiro atoms. The van der Waals surface area contributed by atoms with Crippen molar-refractivity contribution in [2.24, 2.45) is 5.92 Å². The smallest absolute Gasteiger partial charge is 0.311 e. The number of nitrogens with zero attached hydrogens (tertiary/aromatic N) is 2. The number of piperidine rings is 1. The minimum atomic E-state index is -0.189. The van der Waals surface area contributed by atoms with E-state index in [0.717, 1.165) is 29.8 Å². The first-order valence-corrected chi connectivity index (χ1v) is 8.45. The lowest BCUT2D eigenvalue weighted by Gasteiger charge is -2.31. The van der Waals surface area contributed by atoms with Crippen LogP contribution in [0.15, 0.2) is 5.38 Å². The van der Waals surface area contributed by atoms with Crippen molar-refractivity contribution >= 4 is 22.4 Å². The summed E-state index contributed by atoms with van der Waals surface area (Å²) in [5, 5.41) is 3.03. The van der Waals surface area contributed by atoms with E-state index in [1.54, 1.807) is 11.3 Å². The number of carbonyl (C=O) groups is 1. The van der Waals surface area contributed by atoms with Crippen molar-refractivity contribution in [3.63, 3.8) is 0 Å². The fourth-order valence-corrected chi connectivity index (χ4v) is 3.58. The highest BCUT2D eigenvalue weighted by molar-refractivity contribution is 7.13. The Morgan fingerprint density at radius 2 is 2.20 bits per heavy atom. The van der Waals surface area contributed by atoms with Gasteiger partial charge in [-0.25, -0.2) is 4.98 Å². The minimum absolute atomic E-state index is 0.189. The zero-order valence-electron chi connectivity index (χ0n) is 12.4. The van der Waals surface area contributed by atoms with Crippen molar-refractivity contribution in [1.82, 2.24) is 4.98 Å². The molecular weight excluding hydrogens is 272 g/mol. The molecule has 1 aliphatic rings. The van der Waals surface area contributed by atoms with Gasteiger partial charge in [0, 0.05) is 18.5 Å². The molecule has 0 saturated carbocycles. The molecule has 0 N–H and O–H groups in total. The quantitative estimate of drug-likeness (QED) is 0.756. The van der Waals surface area contributed by atoms with Crippen LogP contribution in [0, 0.1) is 5.92 Å². The second-order valence-corrected chi connectivity index (χ2v) is 6.16.